The summed E-state index contributed by atoms with van der Waals surface area (Å²) in [5, 5.41) is 24.8. The van der Waals surface area contributed by atoms with Crippen molar-refractivity contribution in [1.82, 2.24) is 25.0 Å². The van der Waals surface area contributed by atoms with Crippen LogP contribution in [0.15, 0.2) is 84.0 Å². The van der Waals surface area contributed by atoms with Gasteiger partial charge in [-0.25, -0.2) is 27.8 Å². The number of thioether (sulfide) groups is 1. The molecule has 0 spiro atoms. The summed E-state index contributed by atoms with van der Waals surface area (Å²) in [7, 11) is -3.02. The van der Waals surface area contributed by atoms with E-state index in [0.717, 1.165) is 28.6 Å². The Kier molecular flexibility index (Phi) is 10.5. The van der Waals surface area contributed by atoms with Gasteiger partial charge in [0.1, 0.15) is 18.2 Å². The molecular weight excluding hydrogens is 706 g/mol. The van der Waals surface area contributed by atoms with Gasteiger partial charge in [0.25, 0.3) is 8.32 Å². The fourth-order valence-electron chi connectivity index (χ4n) is 7.36. The van der Waals surface area contributed by atoms with Crippen molar-refractivity contribution >= 4 is 47.4 Å². The van der Waals surface area contributed by atoms with Crippen LogP contribution in [-0.4, -0.2) is 81.8 Å². The molecule has 0 amide bonds. The number of hydrogen-bond acceptors (Lipinski definition) is 9. The number of halogens is 3. The van der Waals surface area contributed by atoms with Gasteiger partial charge < -0.3 is 19.6 Å². The first-order valence-corrected chi connectivity index (χ1v) is 20.6. The van der Waals surface area contributed by atoms with Crippen molar-refractivity contribution in [2.24, 2.45) is 0 Å². The second-order valence-electron chi connectivity index (χ2n) is 14.5. The lowest BCUT2D eigenvalue weighted by Crippen LogP contribution is -2.67. The zero-order valence-electron chi connectivity index (χ0n) is 29.5. The highest BCUT2D eigenvalue weighted by Crippen LogP contribution is 2.44. The average molecular weight is 749 g/mol. The number of fused-ring (bicyclic) bond motifs is 1. The van der Waals surface area contributed by atoms with Gasteiger partial charge >= 0.3 is 0 Å². The Morgan fingerprint density at radius 1 is 0.981 bits per heavy atom. The molecule has 6 atom stereocenters. The summed E-state index contributed by atoms with van der Waals surface area (Å²) in [6, 6.07) is 23.2. The highest BCUT2D eigenvalue weighted by molar-refractivity contribution is 7.99. The number of aliphatic hydroxyl groups is 1. The van der Waals surface area contributed by atoms with E-state index in [9.17, 15) is 13.9 Å². The van der Waals surface area contributed by atoms with Gasteiger partial charge in [-0.1, -0.05) is 111 Å². The van der Waals surface area contributed by atoms with Gasteiger partial charge in [0.05, 0.1) is 13.2 Å². The number of aromatic nitrogens is 5. The lowest BCUT2D eigenvalue weighted by atomic mass is 10.1. The van der Waals surface area contributed by atoms with Crippen molar-refractivity contribution < 1.29 is 27.4 Å². The number of alkyl halides is 1. The lowest BCUT2D eigenvalue weighted by molar-refractivity contribution is -0.0246. The minimum Gasteiger partial charge on any atom is -0.405 e. The number of benzene rings is 3. The standard InChI is InChI=1S/C38H43F3N6O3SSi/c1-5-18-51-37-43-35(42-29-20-26(29)23-16-17-27(39)28(40)19-23)33-36(44-37)47(46-45-33)34-31(50-30(21-48)32(34)41)22-49-52(38(2,3)4,24-12-8-6-9-13-24)25-14-10-7-11-15-25/h6-17,19,26,29-32,34,48H,5,18,20-22H2,1-4H3,(H,42,43,44)/t26-,29+,30-,31-,32-,34-/m0/s1. The summed E-state index contributed by atoms with van der Waals surface area (Å²) in [6.45, 7) is 8.08. The smallest absolute Gasteiger partial charge is 0.261 e. The molecule has 2 aliphatic rings. The molecule has 9 nitrogen and oxygen atoms in total. The number of ether oxygens (including phenoxy) is 1. The zero-order valence-corrected chi connectivity index (χ0v) is 31.4. The summed E-state index contributed by atoms with van der Waals surface area (Å²) in [5.41, 5.74) is 1.36. The first-order valence-electron chi connectivity index (χ1n) is 17.7. The first-order chi connectivity index (χ1) is 25.1. The fourth-order valence-corrected chi connectivity index (χ4v) is 12.6. The Bertz CT molecular complexity index is 1960. The summed E-state index contributed by atoms with van der Waals surface area (Å²) < 4.78 is 59.0. The van der Waals surface area contributed by atoms with Crippen molar-refractivity contribution in [2.75, 3.05) is 24.3 Å². The monoisotopic (exact) mass is 748 g/mol. The van der Waals surface area contributed by atoms with Gasteiger partial charge in [-0.05, 0) is 45.9 Å². The van der Waals surface area contributed by atoms with Crippen LogP contribution >= 0.6 is 11.8 Å². The molecule has 5 aromatic rings. The Hall–Kier alpha value is -3.82. The van der Waals surface area contributed by atoms with Crippen molar-refractivity contribution in [3.63, 3.8) is 0 Å². The lowest BCUT2D eigenvalue weighted by Gasteiger charge is -2.43. The van der Waals surface area contributed by atoms with Crippen LogP contribution in [0, 0.1) is 11.6 Å². The SMILES string of the molecule is CCCSc1nc(N[C@@H]2C[C@H]2c2ccc(F)c(F)c2)c2nnn([C@@H]3[C@@H](F)[C@H](CO)O[C@H]3CO[Si](c3ccccc3)(c3ccccc3)C(C)(C)C)c2n1. The van der Waals surface area contributed by atoms with Crippen molar-refractivity contribution in [3.8, 4) is 0 Å². The van der Waals surface area contributed by atoms with Crippen LogP contribution in [0.2, 0.25) is 5.04 Å². The van der Waals surface area contributed by atoms with E-state index in [-0.39, 0.29) is 23.6 Å². The Morgan fingerprint density at radius 2 is 1.67 bits per heavy atom. The van der Waals surface area contributed by atoms with E-state index in [1.54, 1.807) is 6.07 Å². The number of nitrogens with zero attached hydrogens (tertiary/aromatic N) is 5. The highest BCUT2D eigenvalue weighted by Gasteiger charge is 2.53. The van der Waals surface area contributed by atoms with E-state index in [1.807, 2.05) is 36.4 Å². The molecule has 0 bridgehead atoms. The third kappa shape index (κ3) is 6.86. The topological polar surface area (TPSA) is 107 Å². The van der Waals surface area contributed by atoms with E-state index in [2.05, 4.69) is 67.6 Å². The molecule has 2 aromatic heterocycles. The van der Waals surface area contributed by atoms with Gasteiger partial charge in [-0.3, -0.25) is 0 Å². The van der Waals surface area contributed by atoms with Crippen LogP contribution in [0.1, 0.15) is 58.1 Å². The molecule has 3 heterocycles. The molecule has 1 aliphatic heterocycles. The van der Waals surface area contributed by atoms with E-state index >= 15 is 4.39 Å². The Labute approximate surface area is 306 Å². The summed E-state index contributed by atoms with van der Waals surface area (Å²) in [6.07, 6.45) is -2.00. The van der Waals surface area contributed by atoms with Gasteiger partial charge in [0.2, 0.25) is 0 Å². The average Bonchev–Trinajstić information content (AvgIpc) is 3.66. The molecule has 7 rings (SSSR count). The quantitative estimate of drug-likeness (QED) is 0.0829. The molecule has 274 valence electrons. The normalized spacial score (nSPS) is 23.3. The summed E-state index contributed by atoms with van der Waals surface area (Å²) >= 11 is 1.46. The minimum absolute atomic E-state index is 0.0296. The predicted octanol–water partition coefficient (Wildman–Crippen LogP) is 6.19. The van der Waals surface area contributed by atoms with Crippen LogP contribution in [0.25, 0.3) is 11.2 Å². The zero-order chi connectivity index (χ0) is 36.6. The van der Waals surface area contributed by atoms with Gasteiger partial charge in [0, 0.05) is 17.7 Å². The van der Waals surface area contributed by atoms with Crippen LogP contribution in [-0.2, 0) is 9.16 Å². The summed E-state index contributed by atoms with van der Waals surface area (Å²) in [5.74, 6) is -0.635. The number of rotatable bonds is 13. The maximum atomic E-state index is 16.5. The Balaban J connectivity index is 1.24. The maximum Gasteiger partial charge on any atom is 0.261 e. The molecule has 2 fully saturated rings. The molecule has 2 N–H and O–H groups in total. The minimum atomic E-state index is -3.02. The molecular formula is C38H43F3N6O3SSi. The third-order valence-corrected chi connectivity index (χ3v) is 16.0. The van der Waals surface area contributed by atoms with Gasteiger partial charge in [-0.2, -0.15) is 0 Å². The second kappa shape index (κ2) is 14.9. The second-order valence-corrected chi connectivity index (χ2v) is 19.8. The molecule has 1 aliphatic carbocycles. The largest absolute Gasteiger partial charge is 0.405 e. The van der Waals surface area contributed by atoms with Crippen LogP contribution < -0.4 is 15.7 Å². The molecule has 1 saturated heterocycles. The van der Waals surface area contributed by atoms with E-state index in [4.69, 9.17) is 19.1 Å². The molecule has 14 heteroatoms. The third-order valence-electron chi connectivity index (χ3n) is 9.98. The van der Waals surface area contributed by atoms with Crippen LogP contribution in [0.3, 0.4) is 0 Å². The van der Waals surface area contributed by atoms with Crippen LogP contribution in [0.5, 0.6) is 0 Å². The fraction of sp³-hybridized carbons (Fsp3) is 0.421. The van der Waals surface area contributed by atoms with Gasteiger partial charge in [0.15, 0.2) is 39.9 Å². The predicted molar refractivity (Wildman–Crippen MR) is 199 cm³/mol. The van der Waals surface area contributed by atoms with E-state index < -0.39 is 51.0 Å². The highest BCUT2D eigenvalue weighted by atomic mass is 32.2. The molecule has 0 unspecified atom stereocenters. The molecule has 52 heavy (non-hydrogen) atoms. The Morgan fingerprint density at radius 3 is 2.29 bits per heavy atom. The molecule has 0 radical (unpaired) electrons. The summed E-state index contributed by atoms with van der Waals surface area (Å²) in [4.78, 5) is 9.57. The van der Waals surface area contributed by atoms with Crippen LogP contribution in [0.4, 0.5) is 19.0 Å². The number of hydrogen-bond donors (Lipinski definition) is 2. The first kappa shape index (κ1) is 36.5. The van der Waals surface area contributed by atoms with E-state index in [1.165, 1.54) is 22.5 Å². The maximum absolute atomic E-state index is 16.5. The van der Waals surface area contributed by atoms with Crippen molar-refractivity contribution in [1.29, 1.82) is 0 Å². The van der Waals surface area contributed by atoms with Crippen molar-refractivity contribution in [2.45, 2.75) is 87.1 Å². The number of nitrogens with one attached hydrogen (secondary N) is 1. The van der Waals surface area contributed by atoms with Gasteiger partial charge in [-0.15, -0.1) is 5.10 Å². The molecule has 3 aromatic carbocycles. The number of aliphatic hydroxyl groups excluding tert-OH is 1. The van der Waals surface area contributed by atoms with E-state index in [0.29, 0.717) is 34.1 Å². The van der Waals surface area contributed by atoms with Crippen molar-refractivity contribution in [3.05, 3.63) is 96.1 Å². The number of anilines is 1. The molecule has 1 saturated carbocycles.